The Balaban J connectivity index is 2.10. The van der Waals surface area contributed by atoms with E-state index in [9.17, 15) is 19.2 Å². The third-order valence-electron chi connectivity index (χ3n) is 4.59. The number of aliphatic carboxylic acids is 1. The molecule has 1 unspecified atom stereocenters. The van der Waals surface area contributed by atoms with E-state index in [0.29, 0.717) is 0 Å². The molecule has 2 N–H and O–H groups in total. The van der Waals surface area contributed by atoms with Gasteiger partial charge < -0.3 is 10.2 Å². The Hall–Kier alpha value is -2.50. The Morgan fingerprint density at radius 2 is 1.81 bits per heavy atom. The summed E-state index contributed by atoms with van der Waals surface area (Å²) in [5, 5.41) is 18.7. The standard InChI is InChI=1S/C21H20O4S/c1-13-18(9-14-3-6-16(7-4-14)26(2)25)17-8-5-15(12-22)10-20(17)19(13)11-21(23)24/h3-10,22H,11-12H2,1-2H3,(H,23,24). The van der Waals surface area contributed by atoms with Gasteiger partial charge in [-0.05, 0) is 70.2 Å². The summed E-state index contributed by atoms with van der Waals surface area (Å²) in [6, 6.07) is 13.1. The molecule has 0 radical (unpaired) electrons. The van der Waals surface area contributed by atoms with E-state index in [1.807, 2.05) is 55.5 Å². The van der Waals surface area contributed by atoms with Gasteiger partial charge in [-0.1, -0.05) is 24.3 Å². The summed E-state index contributed by atoms with van der Waals surface area (Å²) in [6.07, 6.45) is 3.60. The van der Waals surface area contributed by atoms with Crippen LogP contribution in [-0.2, 0) is 22.2 Å². The highest BCUT2D eigenvalue weighted by Gasteiger charge is 2.25. The van der Waals surface area contributed by atoms with Crippen LogP contribution in [0.2, 0.25) is 0 Å². The number of carbonyl (C=O) groups is 1. The predicted octanol–water partition coefficient (Wildman–Crippen LogP) is 3.72. The quantitative estimate of drug-likeness (QED) is 0.843. The molecular weight excluding hydrogens is 348 g/mol. The molecule has 1 aliphatic carbocycles. The van der Waals surface area contributed by atoms with Crippen LogP contribution in [0.4, 0.5) is 0 Å². The van der Waals surface area contributed by atoms with Crippen molar-refractivity contribution in [2.75, 3.05) is 6.26 Å². The van der Waals surface area contributed by atoms with Crippen molar-refractivity contribution in [1.29, 1.82) is 0 Å². The highest BCUT2D eigenvalue weighted by molar-refractivity contribution is 7.84. The molecule has 0 aromatic heterocycles. The van der Waals surface area contributed by atoms with E-state index < -0.39 is 16.8 Å². The number of rotatable bonds is 5. The number of hydrogen-bond acceptors (Lipinski definition) is 3. The Bertz CT molecular complexity index is 952. The van der Waals surface area contributed by atoms with Crippen molar-refractivity contribution in [2.24, 2.45) is 0 Å². The van der Waals surface area contributed by atoms with Crippen molar-refractivity contribution in [1.82, 2.24) is 0 Å². The number of carboxylic acids is 1. The molecule has 0 amide bonds. The van der Waals surface area contributed by atoms with Crippen LogP contribution in [0.3, 0.4) is 0 Å². The zero-order valence-electron chi connectivity index (χ0n) is 14.7. The minimum atomic E-state index is -1.02. The summed E-state index contributed by atoms with van der Waals surface area (Å²) in [4.78, 5) is 12.1. The maximum Gasteiger partial charge on any atom is 0.307 e. The van der Waals surface area contributed by atoms with Gasteiger partial charge in [0.05, 0.1) is 13.0 Å². The molecule has 1 aliphatic rings. The molecular formula is C21H20O4S. The second kappa shape index (κ2) is 7.40. The molecule has 0 spiro atoms. The molecule has 0 aliphatic heterocycles. The largest absolute Gasteiger partial charge is 0.481 e. The first kappa shape index (κ1) is 18.3. The molecule has 5 heteroatoms. The van der Waals surface area contributed by atoms with Crippen LogP contribution in [-0.4, -0.2) is 26.6 Å². The lowest BCUT2D eigenvalue weighted by molar-refractivity contribution is -0.135. The van der Waals surface area contributed by atoms with Crippen LogP contribution in [0.5, 0.6) is 0 Å². The zero-order valence-corrected chi connectivity index (χ0v) is 15.5. The Kier molecular flexibility index (Phi) is 5.20. The van der Waals surface area contributed by atoms with Crippen LogP contribution in [0.15, 0.2) is 52.9 Å². The van der Waals surface area contributed by atoms with Crippen molar-refractivity contribution in [3.63, 3.8) is 0 Å². The van der Waals surface area contributed by atoms with E-state index in [4.69, 9.17) is 0 Å². The van der Waals surface area contributed by atoms with Gasteiger partial charge in [-0.15, -0.1) is 0 Å². The van der Waals surface area contributed by atoms with Gasteiger partial charge >= 0.3 is 5.97 Å². The number of aliphatic hydroxyl groups is 1. The van der Waals surface area contributed by atoms with Gasteiger partial charge in [0.1, 0.15) is 0 Å². The summed E-state index contributed by atoms with van der Waals surface area (Å²) >= 11 is 0. The van der Waals surface area contributed by atoms with E-state index in [-0.39, 0.29) is 13.0 Å². The van der Waals surface area contributed by atoms with Crippen molar-refractivity contribution in [3.8, 4) is 0 Å². The fourth-order valence-corrected chi connectivity index (χ4v) is 3.75. The molecule has 3 rings (SSSR count). The molecule has 134 valence electrons. The summed E-state index contributed by atoms with van der Waals surface area (Å²) in [5.74, 6) is -0.879. The lowest BCUT2D eigenvalue weighted by Gasteiger charge is -2.07. The van der Waals surface area contributed by atoms with Crippen molar-refractivity contribution in [3.05, 3.63) is 70.3 Å². The zero-order chi connectivity index (χ0) is 18.8. The average molecular weight is 368 g/mol. The van der Waals surface area contributed by atoms with Crippen LogP contribution < -0.4 is 0 Å². The second-order valence-electron chi connectivity index (χ2n) is 6.29. The molecule has 1 atom stereocenters. The molecule has 26 heavy (non-hydrogen) atoms. The van der Waals surface area contributed by atoms with E-state index in [1.54, 1.807) is 6.26 Å². The number of benzene rings is 2. The number of carboxylic acid groups (broad SMARTS) is 1. The van der Waals surface area contributed by atoms with Gasteiger partial charge in [0.2, 0.25) is 0 Å². The fourth-order valence-electron chi connectivity index (χ4n) is 3.23. The summed E-state index contributed by atoms with van der Waals surface area (Å²) in [7, 11) is -1.02. The third kappa shape index (κ3) is 3.54. The van der Waals surface area contributed by atoms with Gasteiger partial charge in [-0.25, -0.2) is 0 Å². The predicted molar refractivity (Wildman–Crippen MR) is 104 cm³/mol. The van der Waals surface area contributed by atoms with Gasteiger partial charge in [0.25, 0.3) is 0 Å². The second-order valence-corrected chi connectivity index (χ2v) is 7.67. The van der Waals surface area contributed by atoms with E-state index >= 15 is 0 Å². The monoisotopic (exact) mass is 368 g/mol. The first-order valence-corrected chi connectivity index (χ1v) is 9.78. The molecule has 0 heterocycles. The van der Waals surface area contributed by atoms with E-state index in [2.05, 4.69) is 0 Å². The van der Waals surface area contributed by atoms with Gasteiger partial charge in [-0.2, -0.15) is 0 Å². The maximum absolute atomic E-state index is 11.5. The summed E-state index contributed by atoms with van der Waals surface area (Å²) < 4.78 is 11.5. The number of allylic oxidation sites excluding steroid dienone is 2. The molecule has 2 aromatic rings. The minimum absolute atomic E-state index is 0.0567. The molecule has 2 aromatic carbocycles. The SMILES string of the molecule is CC1=C(CC(=O)O)c2cc(CO)ccc2C1=Cc1ccc(S(C)=O)cc1. The number of hydrogen-bond donors (Lipinski definition) is 2. The highest BCUT2D eigenvalue weighted by Crippen LogP contribution is 2.44. The molecule has 4 nitrogen and oxygen atoms in total. The Labute approximate surface area is 155 Å². The first-order valence-electron chi connectivity index (χ1n) is 8.22. The lowest BCUT2D eigenvalue weighted by atomic mass is 9.99. The first-order chi connectivity index (χ1) is 12.4. The topological polar surface area (TPSA) is 74.6 Å². The average Bonchev–Trinajstić information content (AvgIpc) is 2.87. The number of aliphatic hydroxyl groups excluding tert-OH is 1. The van der Waals surface area contributed by atoms with Crippen molar-refractivity contribution >= 4 is 34.0 Å². The Morgan fingerprint density at radius 3 is 2.38 bits per heavy atom. The van der Waals surface area contributed by atoms with Gasteiger partial charge in [0, 0.05) is 22.0 Å². The summed E-state index contributed by atoms with van der Waals surface area (Å²) in [6.45, 7) is 1.85. The molecule has 0 fully saturated rings. The summed E-state index contributed by atoms with van der Waals surface area (Å²) in [5.41, 5.74) is 6.25. The van der Waals surface area contributed by atoms with Crippen LogP contribution >= 0.6 is 0 Å². The Morgan fingerprint density at radius 1 is 1.12 bits per heavy atom. The van der Waals surface area contributed by atoms with Crippen LogP contribution in [0.1, 0.15) is 35.6 Å². The molecule has 0 bridgehead atoms. The third-order valence-corrected chi connectivity index (χ3v) is 5.53. The maximum atomic E-state index is 11.5. The number of fused-ring (bicyclic) bond motifs is 1. The smallest absolute Gasteiger partial charge is 0.307 e. The molecule has 0 saturated carbocycles. The van der Waals surface area contributed by atoms with E-state index in [0.717, 1.165) is 43.9 Å². The van der Waals surface area contributed by atoms with Gasteiger partial charge in [-0.3, -0.25) is 9.00 Å². The van der Waals surface area contributed by atoms with Gasteiger partial charge in [0.15, 0.2) is 0 Å². The lowest BCUT2D eigenvalue weighted by Crippen LogP contribution is -1.97. The van der Waals surface area contributed by atoms with Crippen molar-refractivity contribution in [2.45, 2.75) is 24.8 Å². The van der Waals surface area contributed by atoms with E-state index in [1.165, 1.54) is 0 Å². The van der Waals surface area contributed by atoms with Crippen LogP contribution in [0, 0.1) is 0 Å². The van der Waals surface area contributed by atoms with Crippen molar-refractivity contribution < 1.29 is 19.2 Å². The molecule has 0 saturated heterocycles. The minimum Gasteiger partial charge on any atom is -0.481 e. The highest BCUT2D eigenvalue weighted by atomic mass is 32.2. The fraction of sp³-hybridized carbons (Fsp3) is 0.190. The van der Waals surface area contributed by atoms with Crippen LogP contribution in [0.25, 0.3) is 17.2 Å². The normalized spacial score (nSPS) is 16.0.